The van der Waals surface area contributed by atoms with Crippen LogP contribution in [0, 0.1) is 19.3 Å². The van der Waals surface area contributed by atoms with Crippen molar-refractivity contribution in [2.45, 2.75) is 53.4 Å². The second-order valence-electron chi connectivity index (χ2n) is 8.15. The van der Waals surface area contributed by atoms with Crippen molar-refractivity contribution in [1.29, 1.82) is 0 Å². The first-order valence-corrected chi connectivity index (χ1v) is 9.99. The molecule has 0 radical (unpaired) electrons. The number of benzene rings is 2. The number of carbonyl (C=O) groups is 2. The van der Waals surface area contributed by atoms with E-state index in [2.05, 4.69) is 11.4 Å². The Hall–Kier alpha value is -2.82. The van der Waals surface area contributed by atoms with E-state index in [1.165, 1.54) is 0 Å². The number of ether oxygens (including phenoxy) is 1. The topological polar surface area (TPSA) is 75.6 Å². The first-order chi connectivity index (χ1) is 13.7. The maximum absolute atomic E-state index is 12.7. The predicted molar refractivity (Wildman–Crippen MR) is 115 cm³/mol. The average molecular weight is 398 g/mol. The molecule has 156 valence electrons. The first-order valence-electron chi connectivity index (χ1n) is 9.99. The third-order valence-corrected chi connectivity index (χ3v) is 4.97. The number of nitrogens with one attached hydrogen (secondary N) is 1. The normalized spacial score (nSPS) is 11.2. The van der Waals surface area contributed by atoms with Crippen LogP contribution in [0.1, 0.15) is 49.8 Å². The van der Waals surface area contributed by atoms with Crippen molar-refractivity contribution >= 4 is 17.6 Å². The zero-order valence-corrected chi connectivity index (χ0v) is 17.7. The molecule has 0 fully saturated rings. The summed E-state index contributed by atoms with van der Waals surface area (Å²) >= 11 is 0. The van der Waals surface area contributed by atoms with Gasteiger partial charge in [0.1, 0.15) is 5.75 Å². The van der Waals surface area contributed by atoms with Crippen LogP contribution >= 0.6 is 0 Å². The summed E-state index contributed by atoms with van der Waals surface area (Å²) in [6, 6.07) is 13.5. The molecule has 2 aromatic carbocycles. The summed E-state index contributed by atoms with van der Waals surface area (Å²) in [4.78, 5) is 23.5. The van der Waals surface area contributed by atoms with Crippen LogP contribution in [-0.2, 0) is 16.0 Å². The molecule has 0 saturated heterocycles. The summed E-state index contributed by atoms with van der Waals surface area (Å²) in [5.41, 5.74) is 3.32. The number of carbonyl (C=O) groups excluding carboxylic acids is 1. The molecule has 0 aromatic heterocycles. The van der Waals surface area contributed by atoms with E-state index in [1.54, 1.807) is 0 Å². The van der Waals surface area contributed by atoms with E-state index < -0.39 is 11.4 Å². The van der Waals surface area contributed by atoms with Crippen molar-refractivity contribution in [1.82, 2.24) is 0 Å². The molecule has 29 heavy (non-hydrogen) atoms. The van der Waals surface area contributed by atoms with Crippen LogP contribution in [0.4, 0.5) is 5.69 Å². The molecule has 0 aliphatic heterocycles. The fraction of sp³-hybridized carbons (Fsp3) is 0.417. The van der Waals surface area contributed by atoms with E-state index in [0.717, 1.165) is 28.9 Å². The predicted octanol–water partition coefficient (Wildman–Crippen LogP) is 5.14. The van der Waals surface area contributed by atoms with Gasteiger partial charge in [0.25, 0.3) is 0 Å². The lowest BCUT2D eigenvalue weighted by Crippen LogP contribution is -2.31. The molecule has 0 bridgehead atoms. The number of aryl methyl sites for hydroxylation is 3. The highest BCUT2D eigenvalue weighted by Crippen LogP contribution is 2.26. The Bertz CT molecular complexity index is 858. The third kappa shape index (κ3) is 7.26. The van der Waals surface area contributed by atoms with E-state index in [1.807, 2.05) is 64.1 Å². The number of hydrogen-bond acceptors (Lipinski definition) is 3. The van der Waals surface area contributed by atoms with Crippen LogP contribution in [0.3, 0.4) is 0 Å². The first kappa shape index (κ1) is 22.5. The van der Waals surface area contributed by atoms with E-state index in [4.69, 9.17) is 9.84 Å². The highest BCUT2D eigenvalue weighted by molar-refractivity contribution is 5.94. The molecule has 2 rings (SSSR count). The van der Waals surface area contributed by atoms with Gasteiger partial charge in [-0.25, -0.2) is 0 Å². The molecule has 2 N–H and O–H groups in total. The second-order valence-corrected chi connectivity index (χ2v) is 8.15. The van der Waals surface area contributed by atoms with Gasteiger partial charge in [-0.1, -0.05) is 38.1 Å². The van der Waals surface area contributed by atoms with Crippen molar-refractivity contribution in [2.24, 2.45) is 5.41 Å². The van der Waals surface area contributed by atoms with Gasteiger partial charge in [0.05, 0.1) is 6.61 Å². The van der Waals surface area contributed by atoms with Gasteiger partial charge >= 0.3 is 5.97 Å². The van der Waals surface area contributed by atoms with Gasteiger partial charge in [0.15, 0.2) is 0 Å². The van der Waals surface area contributed by atoms with Crippen molar-refractivity contribution in [3.05, 3.63) is 59.2 Å². The molecular weight excluding hydrogens is 366 g/mol. The molecule has 0 heterocycles. The fourth-order valence-electron chi connectivity index (χ4n) is 3.03. The van der Waals surface area contributed by atoms with E-state index in [0.29, 0.717) is 25.1 Å². The summed E-state index contributed by atoms with van der Waals surface area (Å²) in [6.45, 7) is 8.47. The third-order valence-electron chi connectivity index (χ3n) is 4.97. The smallest absolute Gasteiger partial charge is 0.303 e. The number of carboxylic acids is 1. The van der Waals surface area contributed by atoms with Crippen LogP contribution in [0.5, 0.6) is 5.75 Å². The van der Waals surface area contributed by atoms with Crippen molar-refractivity contribution in [3.8, 4) is 5.75 Å². The molecule has 5 heteroatoms. The highest BCUT2D eigenvalue weighted by Gasteiger charge is 2.27. The minimum absolute atomic E-state index is 0.0559. The van der Waals surface area contributed by atoms with Crippen molar-refractivity contribution in [3.63, 3.8) is 0 Å². The largest absolute Gasteiger partial charge is 0.493 e. The Labute approximate surface area is 173 Å². The summed E-state index contributed by atoms with van der Waals surface area (Å²) in [5, 5.41) is 11.8. The fourth-order valence-corrected chi connectivity index (χ4v) is 3.03. The maximum Gasteiger partial charge on any atom is 0.303 e. The van der Waals surface area contributed by atoms with Crippen LogP contribution in [0.2, 0.25) is 0 Å². The standard InChI is InChI=1S/C24H31NO4/c1-17-9-10-18(2)21(15-17)29-14-6-13-24(3,4)23(28)25-20-8-5-7-19(16-20)11-12-22(26)27/h5,7-10,15-16H,6,11-14H2,1-4H3,(H,25,28)(H,26,27). The quantitative estimate of drug-likeness (QED) is 0.544. The number of amides is 1. The lowest BCUT2D eigenvalue weighted by Gasteiger charge is -2.24. The molecule has 1 amide bonds. The van der Waals surface area contributed by atoms with Gasteiger partial charge in [0.2, 0.25) is 5.91 Å². The van der Waals surface area contributed by atoms with Gasteiger partial charge in [-0.15, -0.1) is 0 Å². The van der Waals surface area contributed by atoms with Crippen LogP contribution in [0.25, 0.3) is 0 Å². The van der Waals surface area contributed by atoms with E-state index >= 15 is 0 Å². The molecule has 0 aliphatic rings. The summed E-state index contributed by atoms with van der Waals surface area (Å²) < 4.78 is 5.89. The van der Waals surface area contributed by atoms with Gasteiger partial charge < -0.3 is 15.2 Å². The van der Waals surface area contributed by atoms with Crippen molar-refractivity contribution in [2.75, 3.05) is 11.9 Å². The molecule has 2 aromatic rings. The lowest BCUT2D eigenvalue weighted by molar-refractivity contribution is -0.137. The Balaban J connectivity index is 1.85. The maximum atomic E-state index is 12.7. The molecular formula is C24H31NO4. The van der Waals surface area contributed by atoms with E-state index in [-0.39, 0.29) is 12.3 Å². The zero-order valence-electron chi connectivity index (χ0n) is 17.7. The summed E-state index contributed by atoms with van der Waals surface area (Å²) in [5.74, 6) is 0.00806. The zero-order chi connectivity index (χ0) is 21.4. The molecule has 0 unspecified atom stereocenters. The molecule has 0 saturated carbocycles. The Morgan fingerprint density at radius 2 is 1.86 bits per heavy atom. The molecule has 0 atom stereocenters. The molecule has 5 nitrogen and oxygen atoms in total. The number of rotatable bonds is 10. The van der Waals surface area contributed by atoms with Gasteiger partial charge in [-0.3, -0.25) is 9.59 Å². The van der Waals surface area contributed by atoms with Crippen molar-refractivity contribution < 1.29 is 19.4 Å². The van der Waals surface area contributed by atoms with E-state index in [9.17, 15) is 9.59 Å². The number of hydrogen-bond donors (Lipinski definition) is 2. The molecule has 0 aliphatic carbocycles. The number of carboxylic acid groups (broad SMARTS) is 1. The second kappa shape index (κ2) is 10.1. The Morgan fingerprint density at radius 1 is 1.10 bits per heavy atom. The minimum Gasteiger partial charge on any atom is -0.493 e. The van der Waals surface area contributed by atoms with Gasteiger partial charge in [0, 0.05) is 17.5 Å². The average Bonchev–Trinajstić information content (AvgIpc) is 2.66. The SMILES string of the molecule is Cc1ccc(C)c(OCCCC(C)(C)C(=O)Nc2cccc(CCC(=O)O)c2)c1. The summed E-state index contributed by atoms with van der Waals surface area (Å²) in [7, 11) is 0. The Kier molecular flexibility index (Phi) is 7.82. The van der Waals surface area contributed by atoms with Crippen LogP contribution in [0.15, 0.2) is 42.5 Å². The van der Waals surface area contributed by atoms with Gasteiger partial charge in [-0.2, -0.15) is 0 Å². The minimum atomic E-state index is -0.830. The molecule has 0 spiro atoms. The number of aliphatic carboxylic acids is 1. The number of anilines is 1. The van der Waals surface area contributed by atoms with Crippen LogP contribution < -0.4 is 10.1 Å². The van der Waals surface area contributed by atoms with Gasteiger partial charge in [-0.05, 0) is 68.0 Å². The lowest BCUT2D eigenvalue weighted by atomic mass is 9.86. The summed E-state index contributed by atoms with van der Waals surface area (Å²) in [6.07, 6.45) is 1.98. The monoisotopic (exact) mass is 397 g/mol. The Morgan fingerprint density at radius 3 is 2.59 bits per heavy atom. The highest BCUT2D eigenvalue weighted by atomic mass is 16.5. The van der Waals surface area contributed by atoms with Crippen LogP contribution in [-0.4, -0.2) is 23.6 Å².